The van der Waals surface area contributed by atoms with Gasteiger partial charge in [0.1, 0.15) is 0 Å². The third-order valence-electron chi connectivity index (χ3n) is 3.33. The van der Waals surface area contributed by atoms with Crippen LogP contribution in [-0.2, 0) is 4.79 Å². The molecule has 0 atom stereocenters. The Morgan fingerprint density at radius 2 is 1.94 bits per heavy atom. The normalized spacial score (nSPS) is 17.7. The molecule has 0 aromatic rings. The van der Waals surface area contributed by atoms with E-state index in [-0.39, 0.29) is 5.91 Å². The summed E-state index contributed by atoms with van der Waals surface area (Å²) in [5, 5.41) is 5.97. The summed E-state index contributed by atoms with van der Waals surface area (Å²) in [6, 6.07) is 0. The summed E-state index contributed by atoms with van der Waals surface area (Å²) in [6.07, 6.45) is 3.71. The van der Waals surface area contributed by atoms with Gasteiger partial charge in [0, 0.05) is 6.54 Å². The van der Waals surface area contributed by atoms with Crippen LogP contribution in [0.4, 0.5) is 0 Å². The Morgan fingerprint density at radius 3 is 2.50 bits per heavy atom. The molecule has 0 spiro atoms. The Balaban J connectivity index is 2.08. The molecule has 0 aliphatic carbocycles. The van der Waals surface area contributed by atoms with E-state index in [2.05, 4.69) is 15.5 Å². The molecule has 1 saturated heterocycles. The van der Waals surface area contributed by atoms with Crippen molar-refractivity contribution in [3.8, 4) is 0 Å². The van der Waals surface area contributed by atoms with Crippen LogP contribution < -0.4 is 10.6 Å². The summed E-state index contributed by atoms with van der Waals surface area (Å²) in [5.41, 5.74) is -0.465. The van der Waals surface area contributed by atoms with Crippen LogP contribution in [-0.4, -0.2) is 49.6 Å². The molecule has 1 heterocycles. The van der Waals surface area contributed by atoms with E-state index in [0.29, 0.717) is 0 Å². The topological polar surface area (TPSA) is 44.4 Å². The van der Waals surface area contributed by atoms with Crippen LogP contribution in [0.25, 0.3) is 0 Å². The third kappa shape index (κ3) is 4.10. The number of likely N-dealkylation sites (tertiary alicyclic amines) is 1. The Bertz CT molecular complexity index is 222. The minimum Gasteiger partial charge on any atom is -0.354 e. The van der Waals surface area contributed by atoms with Gasteiger partial charge >= 0.3 is 0 Å². The van der Waals surface area contributed by atoms with Crippen LogP contribution in [0.1, 0.15) is 33.1 Å². The number of nitrogens with one attached hydrogen (secondary N) is 2. The maximum Gasteiger partial charge on any atom is 0.239 e. The Kier molecular flexibility index (Phi) is 5.22. The number of likely N-dealkylation sites (N-methyl/N-ethyl adjacent to an activating group) is 1. The predicted molar refractivity (Wildman–Crippen MR) is 66.4 cm³/mol. The Hall–Kier alpha value is -0.610. The van der Waals surface area contributed by atoms with Gasteiger partial charge in [-0.2, -0.15) is 0 Å². The average molecular weight is 227 g/mol. The lowest BCUT2D eigenvalue weighted by Gasteiger charge is -2.23. The molecule has 0 unspecified atom stereocenters. The molecule has 0 saturated carbocycles. The highest BCUT2D eigenvalue weighted by Gasteiger charge is 2.24. The second-order valence-electron chi connectivity index (χ2n) is 5.03. The van der Waals surface area contributed by atoms with Crippen molar-refractivity contribution < 1.29 is 4.79 Å². The van der Waals surface area contributed by atoms with Gasteiger partial charge in [-0.05, 0) is 59.8 Å². The van der Waals surface area contributed by atoms with Crippen LogP contribution in [0, 0.1) is 0 Å². The zero-order valence-electron chi connectivity index (χ0n) is 10.8. The molecule has 0 bridgehead atoms. The molecule has 16 heavy (non-hydrogen) atoms. The second kappa shape index (κ2) is 6.21. The SMILES string of the molecule is CNC(C)(C)C(=O)NCCCN1CCCC1. The molecule has 0 radical (unpaired) electrons. The molecule has 1 amide bonds. The van der Waals surface area contributed by atoms with Crippen LogP contribution in [0.3, 0.4) is 0 Å². The Morgan fingerprint density at radius 1 is 1.31 bits per heavy atom. The molecule has 2 N–H and O–H groups in total. The smallest absolute Gasteiger partial charge is 0.239 e. The molecular formula is C12H25N3O. The molecular weight excluding hydrogens is 202 g/mol. The van der Waals surface area contributed by atoms with Gasteiger partial charge in [0.25, 0.3) is 0 Å². The number of nitrogens with zero attached hydrogens (tertiary/aromatic N) is 1. The highest BCUT2D eigenvalue weighted by atomic mass is 16.2. The van der Waals surface area contributed by atoms with Crippen molar-refractivity contribution in [3.05, 3.63) is 0 Å². The van der Waals surface area contributed by atoms with E-state index < -0.39 is 5.54 Å². The zero-order chi connectivity index (χ0) is 12.0. The van der Waals surface area contributed by atoms with Crippen molar-refractivity contribution >= 4 is 5.91 Å². The number of hydrogen-bond acceptors (Lipinski definition) is 3. The molecule has 1 fully saturated rings. The summed E-state index contributed by atoms with van der Waals surface area (Å²) in [7, 11) is 1.81. The van der Waals surface area contributed by atoms with Crippen molar-refractivity contribution in [1.82, 2.24) is 15.5 Å². The Labute approximate surface area is 98.8 Å². The van der Waals surface area contributed by atoms with E-state index >= 15 is 0 Å². The van der Waals surface area contributed by atoms with Crippen LogP contribution in [0.2, 0.25) is 0 Å². The maximum absolute atomic E-state index is 11.7. The fraction of sp³-hybridized carbons (Fsp3) is 0.917. The lowest BCUT2D eigenvalue weighted by Crippen LogP contribution is -2.51. The fourth-order valence-corrected chi connectivity index (χ4v) is 1.85. The first-order chi connectivity index (χ1) is 7.56. The molecule has 1 aliphatic heterocycles. The highest BCUT2D eigenvalue weighted by Crippen LogP contribution is 2.07. The standard InChI is InChI=1S/C12H25N3O/c1-12(2,13-3)11(16)14-7-6-10-15-8-4-5-9-15/h13H,4-10H2,1-3H3,(H,14,16). The molecule has 0 aromatic carbocycles. The lowest BCUT2D eigenvalue weighted by molar-refractivity contribution is -0.126. The summed E-state index contributed by atoms with van der Waals surface area (Å²) >= 11 is 0. The first-order valence-corrected chi connectivity index (χ1v) is 6.26. The summed E-state index contributed by atoms with van der Waals surface area (Å²) in [4.78, 5) is 14.2. The van der Waals surface area contributed by atoms with Gasteiger partial charge in [0.2, 0.25) is 5.91 Å². The molecule has 0 aromatic heterocycles. The first kappa shape index (κ1) is 13.5. The molecule has 94 valence electrons. The van der Waals surface area contributed by atoms with Crippen LogP contribution >= 0.6 is 0 Å². The number of rotatable bonds is 6. The van der Waals surface area contributed by atoms with Crippen molar-refractivity contribution in [2.75, 3.05) is 33.2 Å². The highest BCUT2D eigenvalue weighted by molar-refractivity contribution is 5.85. The summed E-state index contributed by atoms with van der Waals surface area (Å²) in [5.74, 6) is 0.0800. The van der Waals surface area contributed by atoms with Gasteiger partial charge < -0.3 is 15.5 Å². The van der Waals surface area contributed by atoms with Gasteiger partial charge in [0.05, 0.1) is 5.54 Å². The van der Waals surface area contributed by atoms with E-state index in [4.69, 9.17) is 0 Å². The number of hydrogen-bond donors (Lipinski definition) is 2. The number of amides is 1. The van der Waals surface area contributed by atoms with Crippen molar-refractivity contribution in [1.29, 1.82) is 0 Å². The van der Waals surface area contributed by atoms with Crippen LogP contribution in [0.15, 0.2) is 0 Å². The van der Waals surface area contributed by atoms with E-state index in [0.717, 1.165) is 19.5 Å². The van der Waals surface area contributed by atoms with Crippen molar-refractivity contribution in [2.24, 2.45) is 0 Å². The summed E-state index contributed by atoms with van der Waals surface area (Å²) < 4.78 is 0. The summed E-state index contributed by atoms with van der Waals surface area (Å²) in [6.45, 7) is 8.14. The molecule has 4 heteroatoms. The second-order valence-corrected chi connectivity index (χ2v) is 5.03. The van der Waals surface area contributed by atoms with E-state index in [9.17, 15) is 4.79 Å². The number of carbonyl (C=O) groups excluding carboxylic acids is 1. The largest absolute Gasteiger partial charge is 0.354 e. The third-order valence-corrected chi connectivity index (χ3v) is 3.33. The monoisotopic (exact) mass is 227 g/mol. The number of carbonyl (C=O) groups is 1. The molecule has 1 rings (SSSR count). The van der Waals surface area contributed by atoms with Gasteiger partial charge in [0.15, 0.2) is 0 Å². The maximum atomic E-state index is 11.7. The molecule has 1 aliphatic rings. The van der Waals surface area contributed by atoms with E-state index in [1.165, 1.54) is 25.9 Å². The van der Waals surface area contributed by atoms with E-state index in [1.807, 2.05) is 20.9 Å². The van der Waals surface area contributed by atoms with Crippen LogP contribution in [0.5, 0.6) is 0 Å². The quantitative estimate of drug-likeness (QED) is 0.653. The average Bonchev–Trinajstić information content (AvgIpc) is 2.76. The van der Waals surface area contributed by atoms with Gasteiger partial charge in [-0.3, -0.25) is 4.79 Å². The molecule has 4 nitrogen and oxygen atoms in total. The predicted octanol–water partition coefficient (Wildman–Crippen LogP) is 0.587. The van der Waals surface area contributed by atoms with Crippen molar-refractivity contribution in [3.63, 3.8) is 0 Å². The fourth-order valence-electron chi connectivity index (χ4n) is 1.85. The van der Waals surface area contributed by atoms with Gasteiger partial charge in [-0.1, -0.05) is 0 Å². The van der Waals surface area contributed by atoms with Gasteiger partial charge in [-0.25, -0.2) is 0 Å². The first-order valence-electron chi connectivity index (χ1n) is 6.26. The minimum atomic E-state index is -0.465. The van der Waals surface area contributed by atoms with E-state index in [1.54, 1.807) is 0 Å². The van der Waals surface area contributed by atoms with Crippen molar-refractivity contribution in [2.45, 2.75) is 38.6 Å². The lowest BCUT2D eigenvalue weighted by atomic mass is 10.1. The minimum absolute atomic E-state index is 0.0800. The zero-order valence-corrected chi connectivity index (χ0v) is 10.8. The van der Waals surface area contributed by atoms with Gasteiger partial charge in [-0.15, -0.1) is 0 Å².